The molecule has 0 spiro atoms. The number of benzene rings is 2. The molecule has 0 saturated heterocycles. The number of nitrogens with one attached hydrogen (secondary N) is 1. The number of nitrogens with zero attached hydrogens (tertiary/aromatic N) is 1. The zero-order valence-electron chi connectivity index (χ0n) is 10.8. The van der Waals surface area contributed by atoms with Crippen LogP contribution in [0.3, 0.4) is 0 Å². The van der Waals surface area contributed by atoms with Crippen molar-refractivity contribution in [1.82, 2.24) is 0 Å². The van der Waals surface area contributed by atoms with Gasteiger partial charge >= 0.3 is 0 Å². The molecule has 0 saturated carbocycles. The third-order valence-corrected chi connectivity index (χ3v) is 3.24. The minimum atomic E-state index is -0.354. The monoisotopic (exact) mass is 334 g/mol. The van der Waals surface area contributed by atoms with Crippen LogP contribution in [0.2, 0.25) is 0 Å². The standard InChI is InChI=1S/C15H12BrFN2O/c1-20-15-6-12(16)5-14(7-15)19-9-11-4-13(17)3-2-10(11)8-18/h2-7,19H,9H2,1H3. The fraction of sp³-hybridized carbons (Fsp3) is 0.133. The Balaban J connectivity index is 2.19. The van der Waals surface area contributed by atoms with Crippen LogP contribution in [0.4, 0.5) is 10.1 Å². The molecule has 0 bridgehead atoms. The Morgan fingerprint density at radius 3 is 2.80 bits per heavy atom. The van der Waals surface area contributed by atoms with E-state index in [2.05, 4.69) is 27.3 Å². The first-order chi connectivity index (χ1) is 9.62. The number of nitriles is 1. The predicted octanol–water partition coefficient (Wildman–Crippen LogP) is 4.08. The van der Waals surface area contributed by atoms with E-state index in [4.69, 9.17) is 10.00 Å². The molecular weight excluding hydrogens is 323 g/mol. The number of ether oxygens (including phenoxy) is 1. The van der Waals surface area contributed by atoms with E-state index >= 15 is 0 Å². The van der Waals surface area contributed by atoms with Crippen LogP contribution < -0.4 is 10.1 Å². The number of rotatable bonds is 4. The predicted molar refractivity (Wildman–Crippen MR) is 79.1 cm³/mol. The van der Waals surface area contributed by atoms with Crippen molar-refractivity contribution in [2.45, 2.75) is 6.54 Å². The third-order valence-electron chi connectivity index (χ3n) is 2.78. The van der Waals surface area contributed by atoms with Crippen LogP contribution in [-0.4, -0.2) is 7.11 Å². The molecule has 3 nitrogen and oxygen atoms in total. The summed E-state index contributed by atoms with van der Waals surface area (Å²) in [7, 11) is 1.59. The second-order valence-corrected chi connectivity index (χ2v) is 5.06. The zero-order valence-corrected chi connectivity index (χ0v) is 12.4. The van der Waals surface area contributed by atoms with Gasteiger partial charge in [-0.25, -0.2) is 4.39 Å². The third kappa shape index (κ3) is 3.49. The van der Waals surface area contributed by atoms with Crippen molar-refractivity contribution in [3.63, 3.8) is 0 Å². The van der Waals surface area contributed by atoms with Crippen molar-refractivity contribution in [3.8, 4) is 11.8 Å². The van der Waals surface area contributed by atoms with Crippen LogP contribution in [0.1, 0.15) is 11.1 Å². The lowest BCUT2D eigenvalue weighted by Gasteiger charge is -2.10. The summed E-state index contributed by atoms with van der Waals surface area (Å²) in [6, 6.07) is 11.7. The summed E-state index contributed by atoms with van der Waals surface area (Å²) in [6.07, 6.45) is 0. The van der Waals surface area contributed by atoms with Gasteiger partial charge in [-0.15, -0.1) is 0 Å². The highest BCUT2D eigenvalue weighted by molar-refractivity contribution is 9.10. The Morgan fingerprint density at radius 2 is 2.10 bits per heavy atom. The Labute approximate surface area is 125 Å². The topological polar surface area (TPSA) is 45.0 Å². The molecule has 102 valence electrons. The first-order valence-electron chi connectivity index (χ1n) is 5.89. The Kier molecular flexibility index (Phi) is 4.59. The molecule has 0 heterocycles. The van der Waals surface area contributed by atoms with Gasteiger partial charge in [0, 0.05) is 22.8 Å². The molecule has 0 atom stereocenters. The van der Waals surface area contributed by atoms with Crippen LogP contribution in [0.15, 0.2) is 40.9 Å². The van der Waals surface area contributed by atoms with Crippen molar-refractivity contribution in [1.29, 1.82) is 5.26 Å². The van der Waals surface area contributed by atoms with E-state index in [0.717, 1.165) is 10.2 Å². The van der Waals surface area contributed by atoms with Crippen LogP contribution in [0.25, 0.3) is 0 Å². The summed E-state index contributed by atoms with van der Waals surface area (Å²) in [5.74, 6) is 0.356. The van der Waals surface area contributed by atoms with Crippen LogP contribution in [0, 0.1) is 17.1 Å². The summed E-state index contributed by atoms with van der Waals surface area (Å²) in [5.41, 5.74) is 1.90. The molecule has 0 aliphatic rings. The summed E-state index contributed by atoms with van der Waals surface area (Å²) in [5, 5.41) is 12.2. The molecule has 0 aliphatic carbocycles. The molecule has 0 unspecified atom stereocenters. The lowest BCUT2D eigenvalue weighted by atomic mass is 10.1. The summed E-state index contributed by atoms with van der Waals surface area (Å²) in [6.45, 7) is 0.361. The van der Waals surface area contributed by atoms with Gasteiger partial charge in [0.15, 0.2) is 0 Å². The molecule has 5 heteroatoms. The normalized spacial score (nSPS) is 9.90. The number of hydrogen-bond donors (Lipinski definition) is 1. The molecule has 20 heavy (non-hydrogen) atoms. The van der Waals surface area contributed by atoms with Gasteiger partial charge in [0.1, 0.15) is 11.6 Å². The van der Waals surface area contributed by atoms with Crippen LogP contribution in [0.5, 0.6) is 5.75 Å². The lowest BCUT2D eigenvalue weighted by Crippen LogP contribution is -2.02. The maximum Gasteiger partial charge on any atom is 0.123 e. The SMILES string of the molecule is COc1cc(Br)cc(NCc2cc(F)ccc2C#N)c1. The van der Waals surface area contributed by atoms with Gasteiger partial charge in [-0.2, -0.15) is 5.26 Å². The van der Waals surface area contributed by atoms with E-state index in [-0.39, 0.29) is 5.82 Å². The molecule has 0 aliphatic heterocycles. The quantitative estimate of drug-likeness (QED) is 0.916. The smallest absolute Gasteiger partial charge is 0.123 e. The minimum absolute atomic E-state index is 0.354. The highest BCUT2D eigenvalue weighted by atomic mass is 79.9. The van der Waals surface area contributed by atoms with Gasteiger partial charge in [-0.1, -0.05) is 15.9 Å². The maximum atomic E-state index is 13.2. The first-order valence-corrected chi connectivity index (χ1v) is 6.68. The van der Waals surface area contributed by atoms with E-state index in [9.17, 15) is 4.39 Å². The highest BCUT2D eigenvalue weighted by Gasteiger charge is 2.05. The van der Waals surface area contributed by atoms with Gasteiger partial charge in [-0.3, -0.25) is 0 Å². The molecule has 2 aromatic rings. The number of hydrogen-bond acceptors (Lipinski definition) is 3. The van der Waals surface area contributed by atoms with E-state index in [1.807, 2.05) is 18.2 Å². The van der Waals surface area contributed by atoms with Gasteiger partial charge in [0.05, 0.1) is 18.7 Å². The van der Waals surface area contributed by atoms with Crippen molar-refractivity contribution >= 4 is 21.6 Å². The zero-order chi connectivity index (χ0) is 14.5. The van der Waals surface area contributed by atoms with E-state index in [1.165, 1.54) is 18.2 Å². The largest absolute Gasteiger partial charge is 0.497 e. The van der Waals surface area contributed by atoms with Crippen molar-refractivity contribution in [2.75, 3.05) is 12.4 Å². The Hall–Kier alpha value is -2.06. The number of halogens is 2. The van der Waals surface area contributed by atoms with E-state index in [1.54, 1.807) is 7.11 Å². The summed E-state index contributed by atoms with van der Waals surface area (Å²) < 4.78 is 19.3. The first kappa shape index (κ1) is 14.4. The highest BCUT2D eigenvalue weighted by Crippen LogP contribution is 2.25. The van der Waals surface area contributed by atoms with Gasteiger partial charge < -0.3 is 10.1 Å². The molecule has 0 aromatic heterocycles. The number of methoxy groups -OCH3 is 1. The van der Waals surface area contributed by atoms with E-state index in [0.29, 0.717) is 23.4 Å². The maximum absolute atomic E-state index is 13.2. The number of anilines is 1. The Morgan fingerprint density at radius 1 is 1.30 bits per heavy atom. The second kappa shape index (κ2) is 6.40. The van der Waals surface area contributed by atoms with Crippen molar-refractivity contribution in [2.24, 2.45) is 0 Å². The summed E-state index contributed by atoms with van der Waals surface area (Å²) >= 11 is 3.39. The van der Waals surface area contributed by atoms with Gasteiger partial charge in [0.25, 0.3) is 0 Å². The fourth-order valence-electron chi connectivity index (χ4n) is 1.80. The molecule has 0 amide bonds. The fourth-order valence-corrected chi connectivity index (χ4v) is 2.27. The average Bonchev–Trinajstić information content (AvgIpc) is 2.44. The lowest BCUT2D eigenvalue weighted by molar-refractivity contribution is 0.414. The van der Waals surface area contributed by atoms with Crippen LogP contribution >= 0.6 is 15.9 Å². The molecule has 1 N–H and O–H groups in total. The van der Waals surface area contributed by atoms with Gasteiger partial charge in [0.2, 0.25) is 0 Å². The second-order valence-electron chi connectivity index (χ2n) is 4.15. The van der Waals surface area contributed by atoms with E-state index < -0.39 is 0 Å². The molecule has 0 radical (unpaired) electrons. The van der Waals surface area contributed by atoms with Gasteiger partial charge in [-0.05, 0) is 35.9 Å². The average molecular weight is 335 g/mol. The minimum Gasteiger partial charge on any atom is -0.497 e. The molecular formula is C15H12BrFN2O. The molecule has 2 rings (SSSR count). The van der Waals surface area contributed by atoms with Crippen molar-refractivity contribution in [3.05, 3.63) is 57.8 Å². The Bertz CT molecular complexity index is 667. The van der Waals surface area contributed by atoms with Crippen LogP contribution in [-0.2, 0) is 6.54 Å². The van der Waals surface area contributed by atoms with Crippen molar-refractivity contribution < 1.29 is 9.13 Å². The molecule has 0 fully saturated rings. The molecule has 2 aromatic carbocycles. The summed E-state index contributed by atoms with van der Waals surface area (Å²) in [4.78, 5) is 0.